The van der Waals surface area contributed by atoms with E-state index in [-0.39, 0.29) is 0 Å². The molecule has 14 heavy (non-hydrogen) atoms. The Hall–Kier alpha value is -1.11. The van der Waals surface area contributed by atoms with Gasteiger partial charge in [0, 0.05) is 12.7 Å². The van der Waals surface area contributed by atoms with E-state index in [1.54, 1.807) is 18.2 Å². The van der Waals surface area contributed by atoms with Crippen molar-refractivity contribution in [2.75, 3.05) is 10.2 Å². The van der Waals surface area contributed by atoms with E-state index in [9.17, 15) is 9.59 Å². The molecule has 2 rings (SSSR count). The number of halogens is 1. The van der Waals surface area contributed by atoms with Crippen LogP contribution in [0.4, 0.5) is 5.69 Å². The second kappa shape index (κ2) is 3.23. The van der Waals surface area contributed by atoms with Gasteiger partial charge in [0.15, 0.2) is 0 Å². The summed E-state index contributed by atoms with van der Waals surface area (Å²) in [5.41, 5.74) is 1.55. The molecule has 1 aromatic carbocycles. The number of nitrogens with zero attached hydrogens (tertiary/aromatic N) is 1. The fourth-order valence-corrected chi connectivity index (χ4v) is 1.56. The molecular weight excluding hydrogens is 297 g/mol. The first-order valence-corrected chi connectivity index (χ1v) is 4.86. The molecule has 4 nitrogen and oxygen atoms in total. The van der Waals surface area contributed by atoms with Crippen LogP contribution in [0.1, 0.15) is 20.7 Å². The molecule has 72 valence electrons. The molecule has 0 aromatic heterocycles. The molecule has 1 aromatic rings. The van der Waals surface area contributed by atoms with Gasteiger partial charge in [0.1, 0.15) is 0 Å². The van der Waals surface area contributed by atoms with E-state index >= 15 is 0 Å². The monoisotopic (exact) mass is 303 g/mol. The number of carbonyl (C=O) groups excluding carboxylic acids is 2. The Labute approximate surface area is 94.3 Å². The van der Waals surface area contributed by atoms with Crippen LogP contribution in [-0.4, -0.2) is 19.0 Å². The Morgan fingerprint density at radius 2 is 1.86 bits per heavy atom. The predicted octanol–water partition coefficient (Wildman–Crippen LogP) is 1.78. The maximum absolute atomic E-state index is 11.2. The minimum absolute atomic E-state index is 0.344. The van der Waals surface area contributed by atoms with Crippen molar-refractivity contribution >= 4 is 40.5 Å². The van der Waals surface area contributed by atoms with Crippen molar-refractivity contribution in [3.8, 4) is 0 Å². The summed E-state index contributed by atoms with van der Waals surface area (Å²) in [5.74, 6) is -1.13. The number of benzene rings is 1. The van der Waals surface area contributed by atoms with E-state index in [0.717, 1.165) is 5.69 Å². The standard InChI is InChI=1S/C9H6INO3/c1-11(10)5-2-3-6-7(4-5)9(13)14-8(6)12/h2-4H,1H3. The highest BCUT2D eigenvalue weighted by molar-refractivity contribution is 14.1. The summed E-state index contributed by atoms with van der Waals surface area (Å²) in [5, 5.41) is 0. The first kappa shape index (κ1) is 9.45. The Balaban J connectivity index is 2.55. The van der Waals surface area contributed by atoms with Crippen molar-refractivity contribution in [2.45, 2.75) is 0 Å². The van der Waals surface area contributed by atoms with Crippen molar-refractivity contribution in [3.05, 3.63) is 29.3 Å². The number of ether oxygens (including phenoxy) is 1. The van der Waals surface area contributed by atoms with Crippen LogP contribution in [0.25, 0.3) is 0 Å². The van der Waals surface area contributed by atoms with Crippen LogP contribution in [0, 0.1) is 0 Å². The zero-order valence-corrected chi connectivity index (χ0v) is 9.44. The molecule has 0 N–H and O–H groups in total. The molecular formula is C9H6INO3. The van der Waals surface area contributed by atoms with Crippen LogP contribution < -0.4 is 3.11 Å². The van der Waals surface area contributed by atoms with E-state index in [1.807, 2.05) is 10.2 Å². The largest absolute Gasteiger partial charge is 0.386 e. The SMILES string of the molecule is CN(I)c1ccc2c(c1)C(=O)OC2=O. The zero-order chi connectivity index (χ0) is 10.3. The molecule has 0 amide bonds. The molecule has 0 aliphatic carbocycles. The van der Waals surface area contributed by atoms with Gasteiger partial charge in [-0.25, -0.2) is 9.59 Å². The second-order valence-corrected chi connectivity index (χ2v) is 4.33. The van der Waals surface area contributed by atoms with Gasteiger partial charge in [-0.1, -0.05) is 0 Å². The van der Waals surface area contributed by atoms with Gasteiger partial charge in [0.25, 0.3) is 0 Å². The minimum Gasteiger partial charge on any atom is -0.386 e. The lowest BCUT2D eigenvalue weighted by molar-refractivity contribution is 0.0444. The van der Waals surface area contributed by atoms with Gasteiger partial charge in [0.2, 0.25) is 0 Å². The Morgan fingerprint density at radius 3 is 2.50 bits per heavy atom. The zero-order valence-electron chi connectivity index (χ0n) is 7.28. The molecule has 0 saturated carbocycles. The summed E-state index contributed by atoms with van der Waals surface area (Å²) in [7, 11) is 1.85. The van der Waals surface area contributed by atoms with Gasteiger partial charge >= 0.3 is 11.9 Å². The van der Waals surface area contributed by atoms with Crippen LogP contribution >= 0.6 is 22.9 Å². The van der Waals surface area contributed by atoms with Crippen molar-refractivity contribution in [3.63, 3.8) is 0 Å². The third-order valence-electron chi connectivity index (χ3n) is 1.98. The maximum Gasteiger partial charge on any atom is 0.346 e. The molecule has 5 heteroatoms. The average molecular weight is 303 g/mol. The molecule has 0 spiro atoms. The Bertz CT molecular complexity index is 428. The number of hydrogen-bond acceptors (Lipinski definition) is 4. The lowest BCUT2D eigenvalue weighted by Gasteiger charge is -2.09. The predicted molar refractivity (Wildman–Crippen MR) is 58.6 cm³/mol. The van der Waals surface area contributed by atoms with E-state index < -0.39 is 11.9 Å². The van der Waals surface area contributed by atoms with Crippen LogP contribution in [0.3, 0.4) is 0 Å². The molecule has 1 heterocycles. The first-order valence-electron chi connectivity index (χ1n) is 3.89. The maximum atomic E-state index is 11.2. The summed E-state index contributed by atoms with van der Waals surface area (Å²) in [4.78, 5) is 22.3. The number of rotatable bonds is 1. The number of cyclic esters (lactones) is 2. The third-order valence-corrected chi connectivity index (χ3v) is 2.54. The fraction of sp³-hybridized carbons (Fsp3) is 0.111. The van der Waals surface area contributed by atoms with Crippen molar-refractivity contribution in [2.24, 2.45) is 0 Å². The number of esters is 2. The van der Waals surface area contributed by atoms with Crippen molar-refractivity contribution in [1.29, 1.82) is 0 Å². The molecule has 1 aliphatic rings. The summed E-state index contributed by atoms with van der Waals surface area (Å²) >= 11 is 2.08. The van der Waals surface area contributed by atoms with E-state index in [2.05, 4.69) is 27.6 Å². The number of carbonyl (C=O) groups is 2. The Morgan fingerprint density at radius 1 is 1.21 bits per heavy atom. The topological polar surface area (TPSA) is 46.6 Å². The number of hydrogen-bond donors (Lipinski definition) is 0. The molecule has 1 aliphatic heterocycles. The smallest absolute Gasteiger partial charge is 0.346 e. The first-order chi connectivity index (χ1) is 6.59. The molecule has 0 unspecified atom stereocenters. The highest BCUT2D eigenvalue weighted by atomic mass is 127. The number of anilines is 1. The third kappa shape index (κ3) is 1.37. The quantitative estimate of drug-likeness (QED) is 0.343. The van der Waals surface area contributed by atoms with E-state index in [4.69, 9.17) is 0 Å². The Kier molecular flexibility index (Phi) is 2.18. The molecule has 0 bridgehead atoms. The minimum atomic E-state index is -0.565. The number of fused-ring (bicyclic) bond motifs is 1. The van der Waals surface area contributed by atoms with Gasteiger partial charge in [0.05, 0.1) is 34.0 Å². The fourth-order valence-electron chi connectivity index (χ4n) is 1.26. The average Bonchev–Trinajstić information content (AvgIpc) is 2.42. The van der Waals surface area contributed by atoms with Gasteiger partial charge in [-0.15, -0.1) is 0 Å². The van der Waals surface area contributed by atoms with Crippen LogP contribution in [0.5, 0.6) is 0 Å². The molecule has 0 saturated heterocycles. The van der Waals surface area contributed by atoms with Gasteiger partial charge < -0.3 is 7.85 Å². The lowest BCUT2D eigenvalue weighted by Crippen LogP contribution is -2.01. The normalized spacial score (nSPS) is 13.9. The summed E-state index contributed by atoms with van der Waals surface area (Å²) < 4.78 is 6.30. The van der Waals surface area contributed by atoms with Crippen molar-refractivity contribution < 1.29 is 14.3 Å². The molecule has 0 radical (unpaired) electrons. The van der Waals surface area contributed by atoms with Gasteiger partial charge in [-0.3, -0.25) is 0 Å². The molecule has 0 fully saturated rings. The lowest BCUT2D eigenvalue weighted by atomic mass is 10.1. The van der Waals surface area contributed by atoms with E-state index in [0.29, 0.717) is 11.1 Å². The van der Waals surface area contributed by atoms with Gasteiger partial charge in [-0.05, 0) is 18.2 Å². The van der Waals surface area contributed by atoms with Crippen LogP contribution in [0.15, 0.2) is 18.2 Å². The highest BCUT2D eigenvalue weighted by Crippen LogP contribution is 2.26. The van der Waals surface area contributed by atoms with E-state index in [1.165, 1.54) is 0 Å². The van der Waals surface area contributed by atoms with Gasteiger partial charge in [-0.2, -0.15) is 0 Å². The van der Waals surface area contributed by atoms with Crippen molar-refractivity contribution in [1.82, 2.24) is 0 Å². The molecule has 0 atom stereocenters. The second-order valence-electron chi connectivity index (χ2n) is 2.88. The summed E-state index contributed by atoms with van der Waals surface area (Å²) in [6.07, 6.45) is 0. The highest BCUT2D eigenvalue weighted by Gasteiger charge is 2.29. The summed E-state index contributed by atoms with van der Waals surface area (Å²) in [6.45, 7) is 0. The summed E-state index contributed by atoms with van der Waals surface area (Å²) in [6, 6.07) is 5.02. The van der Waals surface area contributed by atoms with Crippen LogP contribution in [-0.2, 0) is 4.74 Å². The van der Waals surface area contributed by atoms with Crippen LogP contribution in [0.2, 0.25) is 0 Å².